The number of carbonyl (C=O) groups is 2. The topological polar surface area (TPSA) is 83.2 Å². The second-order valence-electron chi connectivity index (χ2n) is 7.17. The van der Waals surface area contributed by atoms with Gasteiger partial charge in [-0.2, -0.15) is 0 Å². The van der Waals surface area contributed by atoms with Crippen molar-refractivity contribution in [3.8, 4) is 5.75 Å². The smallest absolute Gasteiger partial charge is 0.410 e. The molecule has 6 nitrogen and oxygen atoms in total. The average molecular weight is 413 g/mol. The summed E-state index contributed by atoms with van der Waals surface area (Å²) in [4.78, 5) is 28.7. The first-order valence-corrected chi connectivity index (χ1v) is 10.1. The van der Waals surface area contributed by atoms with Crippen molar-refractivity contribution in [1.29, 1.82) is 0 Å². The lowest BCUT2D eigenvalue weighted by Crippen LogP contribution is -2.48. The highest BCUT2D eigenvalue weighted by Crippen LogP contribution is 2.19. The van der Waals surface area contributed by atoms with Gasteiger partial charge in [0.05, 0.1) is 0 Å². The minimum Gasteiger partial charge on any atom is -0.410 e. The van der Waals surface area contributed by atoms with Gasteiger partial charge in [0.15, 0.2) is 0 Å². The summed E-state index contributed by atoms with van der Waals surface area (Å²) in [6.07, 6.45) is 1.52. The molecule has 1 heterocycles. The summed E-state index contributed by atoms with van der Waals surface area (Å²) in [5, 5.41) is 6.64. The molecule has 2 amide bonds. The van der Waals surface area contributed by atoms with E-state index in [-0.39, 0.29) is 5.91 Å². The number of amides is 2. The number of hydrogen-bond acceptors (Lipinski definition) is 3. The van der Waals surface area contributed by atoms with Crippen molar-refractivity contribution >= 4 is 22.9 Å². The highest BCUT2D eigenvalue weighted by Gasteiger charge is 2.23. The van der Waals surface area contributed by atoms with E-state index in [0.717, 1.165) is 22.0 Å². The third-order valence-corrected chi connectivity index (χ3v) is 4.97. The van der Waals surface area contributed by atoms with Gasteiger partial charge in [0.1, 0.15) is 11.8 Å². The number of rotatable bonds is 7. The molecule has 0 unspecified atom stereocenters. The molecule has 1 aromatic heterocycles. The fourth-order valence-electron chi connectivity index (χ4n) is 3.41. The van der Waals surface area contributed by atoms with Crippen LogP contribution < -0.4 is 15.4 Å². The van der Waals surface area contributed by atoms with Crippen molar-refractivity contribution in [2.24, 2.45) is 0 Å². The third-order valence-electron chi connectivity index (χ3n) is 4.97. The molecule has 0 aliphatic rings. The van der Waals surface area contributed by atoms with Crippen LogP contribution in [0.3, 0.4) is 0 Å². The van der Waals surface area contributed by atoms with Gasteiger partial charge in [-0.1, -0.05) is 66.7 Å². The van der Waals surface area contributed by atoms with E-state index < -0.39 is 12.1 Å². The molecule has 0 radical (unpaired) electrons. The van der Waals surface area contributed by atoms with Gasteiger partial charge in [0.25, 0.3) is 0 Å². The second kappa shape index (κ2) is 9.63. The van der Waals surface area contributed by atoms with Gasteiger partial charge in [-0.15, -0.1) is 0 Å². The lowest BCUT2D eigenvalue weighted by Gasteiger charge is -2.18. The van der Waals surface area contributed by atoms with Crippen LogP contribution in [0.1, 0.15) is 11.1 Å². The highest BCUT2D eigenvalue weighted by molar-refractivity contribution is 5.88. The van der Waals surface area contributed by atoms with Gasteiger partial charge in [-0.05, 0) is 29.3 Å². The fraction of sp³-hybridized carbons (Fsp3) is 0.120. The van der Waals surface area contributed by atoms with Crippen LogP contribution in [0.25, 0.3) is 10.9 Å². The van der Waals surface area contributed by atoms with E-state index in [0.29, 0.717) is 18.7 Å². The average Bonchev–Trinajstić information content (AvgIpc) is 3.21. The molecule has 31 heavy (non-hydrogen) atoms. The van der Waals surface area contributed by atoms with Gasteiger partial charge in [0, 0.05) is 30.1 Å². The number of aromatic nitrogens is 1. The number of fused-ring (bicyclic) bond motifs is 1. The molecule has 0 bridgehead atoms. The molecule has 0 spiro atoms. The minimum absolute atomic E-state index is 0.279. The number of para-hydroxylation sites is 2. The monoisotopic (exact) mass is 413 g/mol. The van der Waals surface area contributed by atoms with Crippen LogP contribution in [0.15, 0.2) is 91.1 Å². The Hall–Kier alpha value is -4.06. The van der Waals surface area contributed by atoms with E-state index in [2.05, 4.69) is 15.6 Å². The zero-order valence-electron chi connectivity index (χ0n) is 16.9. The number of aromatic amines is 1. The maximum atomic E-state index is 13.0. The Morgan fingerprint density at radius 2 is 1.55 bits per heavy atom. The quantitative estimate of drug-likeness (QED) is 0.425. The van der Waals surface area contributed by atoms with Gasteiger partial charge in [-0.3, -0.25) is 4.79 Å². The molecule has 0 saturated carbocycles. The largest absolute Gasteiger partial charge is 0.413 e. The Balaban J connectivity index is 1.49. The zero-order valence-corrected chi connectivity index (χ0v) is 16.9. The molecule has 0 saturated heterocycles. The standard InChI is InChI=1S/C25H23N3O3/c29-24(27-16-18-9-3-1-4-10-18)23(28-25(30)31-20-11-5-2-6-12-20)15-19-17-26-22-14-8-7-13-21(19)22/h1-14,17,23,26H,15-16H2,(H,27,29)(H,28,30)/t23-/m1/s1. The Bertz CT molecular complexity index is 1160. The Morgan fingerprint density at radius 1 is 0.871 bits per heavy atom. The molecule has 4 aromatic rings. The molecule has 6 heteroatoms. The molecule has 1 atom stereocenters. The van der Waals surface area contributed by atoms with Crippen LogP contribution in [-0.2, 0) is 17.8 Å². The Morgan fingerprint density at radius 3 is 2.32 bits per heavy atom. The first kappa shape index (κ1) is 20.2. The molecule has 0 fully saturated rings. The van der Waals surface area contributed by atoms with Crippen molar-refractivity contribution in [2.75, 3.05) is 0 Å². The van der Waals surface area contributed by atoms with Crippen molar-refractivity contribution in [1.82, 2.24) is 15.6 Å². The number of ether oxygens (including phenoxy) is 1. The zero-order chi connectivity index (χ0) is 21.5. The molecule has 0 aliphatic heterocycles. The number of hydrogen-bond donors (Lipinski definition) is 3. The SMILES string of the molecule is O=C(N[C@H](Cc1c[nH]c2ccccc12)C(=O)NCc1ccccc1)Oc1ccccc1. The first-order valence-electron chi connectivity index (χ1n) is 10.1. The molecular formula is C25H23N3O3. The van der Waals surface area contributed by atoms with Gasteiger partial charge >= 0.3 is 6.09 Å². The maximum absolute atomic E-state index is 13.0. The molecule has 156 valence electrons. The molecule has 3 aromatic carbocycles. The van der Waals surface area contributed by atoms with E-state index in [1.165, 1.54) is 0 Å². The van der Waals surface area contributed by atoms with Gasteiger partial charge in [0.2, 0.25) is 5.91 Å². The summed E-state index contributed by atoms with van der Waals surface area (Å²) in [6, 6.07) is 25.4. The van der Waals surface area contributed by atoms with Gasteiger partial charge in [-0.25, -0.2) is 4.79 Å². The minimum atomic E-state index is -0.792. The summed E-state index contributed by atoms with van der Waals surface area (Å²) in [7, 11) is 0. The first-order chi connectivity index (χ1) is 15.2. The van der Waals surface area contributed by atoms with Crippen molar-refractivity contribution in [3.05, 3.63) is 102 Å². The maximum Gasteiger partial charge on any atom is 0.413 e. The van der Waals surface area contributed by atoms with Crippen LogP contribution in [0.2, 0.25) is 0 Å². The summed E-state index contributed by atoms with van der Waals surface area (Å²) >= 11 is 0. The predicted octanol–water partition coefficient (Wildman–Crippen LogP) is 4.18. The summed E-state index contributed by atoms with van der Waals surface area (Å²) in [6.45, 7) is 0.374. The lowest BCUT2D eigenvalue weighted by molar-refractivity contribution is -0.123. The normalized spacial score (nSPS) is 11.6. The number of H-pyrrole nitrogens is 1. The van der Waals surface area contributed by atoms with Crippen LogP contribution >= 0.6 is 0 Å². The van der Waals surface area contributed by atoms with E-state index in [1.54, 1.807) is 24.3 Å². The Kier molecular flexibility index (Phi) is 6.28. The fourth-order valence-corrected chi connectivity index (χ4v) is 3.41. The van der Waals surface area contributed by atoms with Gasteiger partial charge < -0.3 is 20.4 Å². The van der Waals surface area contributed by atoms with Crippen LogP contribution in [0.5, 0.6) is 5.75 Å². The van der Waals surface area contributed by atoms with E-state index in [1.807, 2.05) is 66.9 Å². The van der Waals surface area contributed by atoms with Crippen molar-refractivity contribution < 1.29 is 14.3 Å². The van der Waals surface area contributed by atoms with E-state index in [9.17, 15) is 9.59 Å². The van der Waals surface area contributed by atoms with Crippen molar-refractivity contribution in [3.63, 3.8) is 0 Å². The number of benzene rings is 3. The Labute approximate surface area is 180 Å². The number of nitrogens with one attached hydrogen (secondary N) is 3. The number of carbonyl (C=O) groups excluding carboxylic acids is 2. The molecule has 4 rings (SSSR count). The van der Waals surface area contributed by atoms with Crippen molar-refractivity contribution in [2.45, 2.75) is 19.0 Å². The van der Waals surface area contributed by atoms with E-state index in [4.69, 9.17) is 4.74 Å². The summed E-state index contributed by atoms with van der Waals surface area (Å²) in [5.41, 5.74) is 2.90. The third kappa shape index (κ3) is 5.30. The lowest BCUT2D eigenvalue weighted by atomic mass is 10.0. The highest BCUT2D eigenvalue weighted by atomic mass is 16.6. The van der Waals surface area contributed by atoms with Crippen LogP contribution in [-0.4, -0.2) is 23.0 Å². The summed E-state index contributed by atoms with van der Waals surface area (Å²) in [5.74, 6) is 0.134. The second-order valence-corrected chi connectivity index (χ2v) is 7.17. The van der Waals surface area contributed by atoms with Crippen LogP contribution in [0.4, 0.5) is 4.79 Å². The molecular weight excluding hydrogens is 390 g/mol. The predicted molar refractivity (Wildman–Crippen MR) is 120 cm³/mol. The molecule has 3 N–H and O–H groups in total. The summed E-state index contributed by atoms with van der Waals surface area (Å²) < 4.78 is 5.33. The van der Waals surface area contributed by atoms with E-state index >= 15 is 0 Å². The molecule has 0 aliphatic carbocycles. The van der Waals surface area contributed by atoms with Crippen LogP contribution in [0, 0.1) is 0 Å².